The summed E-state index contributed by atoms with van der Waals surface area (Å²) >= 11 is 0. The van der Waals surface area contributed by atoms with Gasteiger partial charge in [0.15, 0.2) is 6.54 Å². The normalized spacial score (nSPS) is 38.8. The molecule has 4 N–H and O–H groups in total. The molecule has 262 valence electrons. The Labute approximate surface area is 290 Å². The molecule has 11 atom stereocenters. The molecule has 0 heterocycles. The van der Waals surface area contributed by atoms with Gasteiger partial charge in [0.1, 0.15) is 6.54 Å². The molecule has 0 aromatic heterocycles. The van der Waals surface area contributed by atoms with Crippen molar-refractivity contribution >= 4 is 5.97 Å². The SMILES string of the molecule is CC(C)CCC[C@@H](C)[C@H]1CCC2C3CC=C4C[C@@H](OCC[NH+](C)CC(=O)O)CC[C@]4(C)C3CC[C@@]21C.[NH-][C@@H]1CCCC[C@H]1[NH-].[Pt+2]. The summed E-state index contributed by atoms with van der Waals surface area (Å²) in [7, 11) is 1.94. The Hall–Kier alpha value is -0.262. The van der Waals surface area contributed by atoms with E-state index in [9.17, 15) is 4.79 Å². The number of hydrogen-bond acceptors (Lipinski definition) is 2. The number of allylic oxidation sites excluding steroid dienone is 1. The van der Waals surface area contributed by atoms with Gasteiger partial charge in [0, 0.05) is 0 Å². The van der Waals surface area contributed by atoms with Gasteiger partial charge in [-0.3, -0.25) is 0 Å². The van der Waals surface area contributed by atoms with Gasteiger partial charge in [0.05, 0.1) is 19.8 Å². The summed E-state index contributed by atoms with van der Waals surface area (Å²) < 4.78 is 6.28. The van der Waals surface area contributed by atoms with Crippen LogP contribution in [0.2, 0.25) is 0 Å². The van der Waals surface area contributed by atoms with Crippen molar-refractivity contribution in [3.63, 3.8) is 0 Å². The molecule has 0 aromatic carbocycles. The maximum atomic E-state index is 10.9. The summed E-state index contributed by atoms with van der Waals surface area (Å²) in [5.41, 5.74) is 17.2. The average molecular weight is 810 g/mol. The number of quaternary nitrogens is 1. The molecule has 7 heteroatoms. The third-order valence-electron chi connectivity index (χ3n) is 13.4. The first kappa shape index (κ1) is 39.2. The van der Waals surface area contributed by atoms with Crippen molar-refractivity contribution in [2.75, 3.05) is 26.7 Å². The predicted molar refractivity (Wildman–Crippen MR) is 182 cm³/mol. The fourth-order valence-electron chi connectivity index (χ4n) is 10.7. The maximum Gasteiger partial charge on any atom is 2.00 e. The van der Waals surface area contributed by atoms with Crippen molar-refractivity contribution < 1.29 is 40.6 Å². The van der Waals surface area contributed by atoms with Crippen molar-refractivity contribution in [2.45, 2.75) is 149 Å². The molecule has 45 heavy (non-hydrogen) atoms. The van der Waals surface area contributed by atoms with E-state index in [1.807, 2.05) is 7.05 Å². The second-order valence-corrected chi connectivity index (χ2v) is 16.8. The molecule has 0 amide bonds. The Balaban J connectivity index is 0.000000535. The van der Waals surface area contributed by atoms with Crippen LogP contribution in [0, 0.1) is 46.3 Å². The zero-order chi connectivity index (χ0) is 32.1. The van der Waals surface area contributed by atoms with Gasteiger partial charge in [0.25, 0.3) is 0 Å². The van der Waals surface area contributed by atoms with Gasteiger partial charge < -0.3 is 26.2 Å². The number of likely N-dealkylation sites (N-methyl/N-ethyl adjacent to an activating group) is 1. The number of rotatable bonds is 11. The monoisotopic (exact) mass is 809 g/mol. The smallest absolute Gasteiger partial charge is 0.676 e. The van der Waals surface area contributed by atoms with Crippen LogP contribution < -0.4 is 4.90 Å². The molecule has 5 rings (SSSR count). The molecule has 5 aliphatic rings. The number of hydrogen-bond donors (Lipinski definition) is 2. The fraction of sp³-hybridized carbons (Fsp3) is 0.921. The molecule has 0 radical (unpaired) electrons. The van der Waals surface area contributed by atoms with Crippen LogP contribution in [0.4, 0.5) is 0 Å². The van der Waals surface area contributed by atoms with Crippen LogP contribution in [0.15, 0.2) is 11.6 Å². The van der Waals surface area contributed by atoms with Crippen molar-refractivity contribution in [1.82, 2.24) is 0 Å². The molecular weight excluding hydrogens is 742 g/mol. The summed E-state index contributed by atoms with van der Waals surface area (Å²) in [6.07, 6.45) is 22.1. The Morgan fingerprint density at radius 1 is 1.00 bits per heavy atom. The van der Waals surface area contributed by atoms with Crippen LogP contribution in [0.25, 0.3) is 11.5 Å². The van der Waals surface area contributed by atoms with Gasteiger partial charge in [-0.25, -0.2) is 4.79 Å². The quantitative estimate of drug-likeness (QED) is 0.205. The van der Waals surface area contributed by atoms with Crippen LogP contribution in [0.3, 0.4) is 0 Å². The number of carbonyl (C=O) groups is 1. The minimum Gasteiger partial charge on any atom is -0.676 e. The zero-order valence-corrected chi connectivity index (χ0v) is 31.9. The number of nitrogens with one attached hydrogen (secondary N) is 3. The third-order valence-corrected chi connectivity index (χ3v) is 13.4. The Bertz CT molecular complexity index is 951. The van der Waals surface area contributed by atoms with E-state index < -0.39 is 5.97 Å². The molecule has 4 unspecified atom stereocenters. The summed E-state index contributed by atoms with van der Waals surface area (Å²) in [5, 5.41) is 8.98. The largest absolute Gasteiger partial charge is 2.00 e. The van der Waals surface area contributed by atoms with E-state index in [4.69, 9.17) is 21.3 Å². The number of aliphatic carboxylic acids is 1. The molecule has 0 aliphatic heterocycles. The summed E-state index contributed by atoms with van der Waals surface area (Å²) in [6.45, 7) is 14.2. The molecular formula is C38H68N3O3Pt+. The second kappa shape index (κ2) is 17.4. The van der Waals surface area contributed by atoms with Gasteiger partial charge in [-0.1, -0.05) is 91.2 Å². The van der Waals surface area contributed by atoms with Crippen molar-refractivity contribution in [3.8, 4) is 0 Å². The summed E-state index contributed by atoms with van der Waals surface area (Å²) in [5.74, 6) is 4.58. The van der Waals surface area contributed by atoms with E-state index in [1.54, 1.807) is 5.57 Å². The minimum atomic E-state index is -0.736. The molecule has 0 bridgehead atoms. The maximum absolute atomic E-state index is 10.9. The Kier molecular flexibility index (Phi) is 15.2. The van der Waals surface area contributed by atoms with E-state index in [2.05, 4.69) is 40.7 Å². The first-order valence-corrected chi connectivity index (χ1v) is 18.6. The van der Waals surface area contributed by atoms with E-state index in [1.165, 1.54) is 70.6 Å². The third kappa shape index (κ3) is 9.68. The fourth-order valence-corrected chi connectivity index (χ4v) is 10.7. The predicted octanol–water partition coefficient (Wildman–Crippen LogP) is 8.41. The van der Waals surface area contributed by atoms with E-state index in [0.29, 0.717) is 23.5 Å². The Morgan fingerprint density at radius 2 is 1.69 bits per heavy atom. The van der Waals surface area contributed by atoms with Gasteiger partial charge in [-0.15, -0.1) is 0 Å². The van der Waals surface area contributed by atoms with Crippen LogP contribution in [0.1, 0.15) is 131 Å². The topological polar surface area (TPSA) is 98.6 Å². The first-order chi connectivity index (χ1) is 20.8. The van der Waals surface area contributed by atoms with E-state index in [0.717, 1.165) is 72.6 Å². The molecule has 6 nitrogen and oxygen atoms in total. The molecule has 4 fully saturated rings. The van der Waals surface area contributed by atoms with E-state index in [-0.39, 0.29) is 39.7 Å². The van der Waals surface area contributed by atoms with Crippen LogP contribution in [0.5, 0.6) is 0 Å². The van der Waals surface area contributed by atoms with Gasteiger partial charge in [-0.05, 0) is 97.7 Å². The second-order valence-electron chi connectivity index (χ2n) is 16.8. The van der Waals surface area contributed by atoms with Crippen LogP contribution >= 0.6 is 0 Å². The standard InChI is InChI=1S/C32H55NO3.C6H12N2.Pt/c1-22(2)8-7-9-23(3)27-12-13-28-26-11-10-24-20-25(36-19-18-33(6)21-30(34)35)14-16-31(24,4)29(26)15-17-32(27,28)5;7-5-3-1-2-4-6(5)8;/h10,22-23,25-29H,7-9,11-21H2,1-6H3,(H,34,35);5-8H,1-4H2;/q;-2;+2/p+1/t23-,25+,26?,27-,28?,29?,31+,32-;5-,6-;/m11./s1. The van der Waals surface area contributed by atoms with Gasteiger partial charge in [-0.2, -0.15) is 12.1 Å². The minimum absolute atomic E-state index is 0. The van der Waals surface area contributed by atoms with E-state index >= 15 is 0 Å². The van der Waals surface area contributed by atoms with Gasteiger partial charge >= 0.3 is 27.0 Å². The summed E-state index contributed by atoms with van der Waals surface area (Å²) in [6, 6.07) is -0.160. The molecule has 0 saturated heterocycles. The van der Waals surface area contributed by atoms with Gasteiger partial charge in [0.2, 0.25) is 0 Å². The molecule has 0 aromatic rings. The number of fused-ring (bicyclic) bond motifs is 5. The molecule has 4 saturated carbocycles. The number of carboxylic acid groups (broad SMARTS) is 1. The van der Waals surface area contributed by atoms with Crippen LogP contribution in [-0.2, 0) is 30.6 Å². The average Bonchev–Trinajstić information content (AvgIpc) is 3.32. The number of ether oxygens (including phenoxy) is 1. The number of carboxylic acids is 1. The van der Waals surface area contributed by atoms with Crippen molar-refractivity contribution in [3.05, 3.63) is 23.1 Å². The molecule has 0 spiro atoms. The Morgan fingerprint density at radius 3 is 2.31 bits per heavy atom. The van der Waals surface area contributed by atoms with Crippen molar-refractivity contribution in [1.29, 1.82) is 0 Å². The molecule has 5 aliphatic carbocycles. The first-order valence-electron chi connectivity index (χ1n) is 18.6. The zero-order valence-electron chi connectivity index (χ0n) is 29.6. The summed E-state index contributed by atoms with van der Waals surface area (Å²) in [4.78, 5) is 11.9. The van der Waals surface area contributed by atoms with Crippen molar-refractivity contribution in [2.24, 2.45) is 46.3 Å². The van der Waals surface area contributed by atoms with Crippen LogP contribution in [-0.4, -0.2) is 56.0 Å².